The second-order valence-corrected chi connectivity index (χ2v) is 5.05. The van der Waals surface area contributed by atoms with Crippen LogP contribution in [0.1, 0.15) is 18.9 Å². The van der Waals surface area contributed by atoms with Gasteiger partial charge in [0.1, 0.15) is 0 Å². The third kappa shape index (κ3) is 2.80. The molecular weight excluding hydrogens is 296 g/mol. The van der Waals surface area contributed by atoms with Crippen molar-refractivity contribution < 1.29 is 9.72 Å². The van der Waals surface area contributed by atoms with E-state index >= 15 is 0 Å². The second-order valence-electron chi connectivity index (χ2n) is 5.05. The fraction of sp³-hybridized carbons (Fsp3) is 0.188. The molecule has 7 nitrogen and oxygen atoms in total. The molecule has 0 unspecified atom stereocenters. The van der Waals surface area contributed by atoms with Gasteiger partial charge < -0.3 is 4.90 Å². The molecule has 0 radical (unpaired) electrons. The smallest absolute Gasteiger partial charge is 0.271 e. The van der Waals surface area contributed by atoms with Crippen molar-refractivity contribution in [2.75, 3.05) is 11.4 Å². The number of carbonyl (C=O) groups is 1. The number of aromatic nitrogens is 1. The summed E-state index contributed by atoms with van der Waals surface area (Å²) in [5.74, 6) is -0.0947. The van der Waals surface area contributed by atoms with Crippen LogP contribution in [0.5, 0.6) is 0 Å². The number of nitro groups is 1. The standard InChI is InChI=1S/C16H14N4O3/c1-2-19-15-6-5-12(20(22)23)8-14(15)18-13(9-16(19)21)11-4-3-7-17-10-11/h3-8,10H,2,9H2,1H3. The van der Waals surface area contributed by atoms with Gasteiger partial charge in [-0.25, -0.2) is 4.99 Å². The zero-order valence-corrected chi connectivity index (χ0v) is 12.5. The fourth-order valence-electron chi connectivity index (χ4n) is 2.55. The van der Waals surface area contributed by atoms with Crippen LogP contribution in [0.15, 0.2) is 47.7 Å². The predicted octanol–water partition coefficient (Wildman–Crippen LogP) is 2.87. The molecule has 1 aliphatic heterocycles. The lowest BCUT2D eigenvalue weighted by atomic mass is 10.1. The summed E-state index contributed by atoms with van der Waals surface area (Å²) in [4.78, 5) is 33.2. The topological polar surface area (TPSA) is 88.7 Å². The molecule has 0 aliphatic carbocycles. The van der Waals surface area contributed by atoms with E-state index in [2.05, 4.69) is 9.98 Å². The van der Waals surface area contributed by atoms with Crippen LogP contribution in [0.25, 0.3) is 0 Å². The van der Waals surface area contributed by atoms with Crippen molar-refractivity contribution in [2.45, 2.75) is 13.3 Å². The van der Waals surface area contributed by atoms with E-state index in [9.17, 15) is 14.9 Å². The lowest BCUT2D eigenvalue weighted by Gasteiger charge is -2.20. The molecule has 0 atom stereocenters. The number of nitrogens with zero attached hydrogens (tertiary/aromatic N) is 4. The van der Waals surface area contributed by atoms with Gasteiger partial charge in [0.05, 0.1) is 28.4 Å². The largest absolute Gasteiger partial charge is 0.310 e. The summed E-state index contributed by atoms with van der Waals surface area (Å²) in [7, 11) is 0. The summed E-state index contributed by atoms with van der Waals surface area (Å²) < 4.78 is 0. The summed E-state index contributed by atoms with van der Waals surface area (Å²) in [6.07, 6.45) is 3.40. The van der Waals surface area contributed by atoms with Gasteiger partial charge >= 0.3 is 0 Å². The van der Waals surface area contributed by atoms with Crippen molar-refractivity contribution in [3.63, 3.8) is 0 Å². The van der Waals surface area contributed by atoms with E-state index in [-0.39, 0.29) is 18.0 Å². The van der Waals surface area contributed by atoms with Crippen LogP contribution in [0, 0.1) is 10.1 Å². The molecule has 0 fully saturated rings. The van der Waals surface area contributed by atoms with Gasteiger partial charge in [-0.15, -0.1) is 0 Å². The molecule has 116 valence electrons. The quantitative estimate of drug-likeness (QED) is 0.644. The van der Waals surface area contributed by atoms with Crippen LogP contribution in [-0.2, 0) is 4.79 Å². The Balaban J connectivity index is 2.17. The van der Waals surface area contributed by atoms with Gasteiger partial charge in [-0.3, -0.25) is 19.9 Å². The highest BCUT2D eigenvalue weighted by Crippen LogP contribution is 2.35. The molecular formula is C16H14N4O3. The average Bonchev–Trinajstić information content (AvgIpc) is 2.70. The highest BCUT2D eigenvalue weighted by molar-refractivity contribution is 6.17. The van der Waals surface area contributed by atoms with E-state index in [1.807, 2.05) is 13.0 Å². The Morgan fingerprint density at radius 2 is 2.17 bits per heavy atom. The minimum atomic E-state index is -0.470. The number of amides is 1. The Hall–Kier alpha value is -3.09. The monoisotopic (exact) mass is 310 g/mol. The van der Waals surface area contributed by atoms with Gasteiger partial charge in [-0.05, 0) is 19.1 Å². The first-order valence-electron chi connectivity index (χ1n) is 7.17. The van der Waals surface area contributed by atoms with Gasteiger partial charge in [-0.1, -0.05) is 6.07 Å². The first-order chi connectivity index (χ1) is 11.1. The molecule has 0 N–H and O–H groups in total. The summed E-state index contributed by atoms with van der Waals surface area (Å²) in [6, 6.07) is 7.94. The van der Waals surface area contributed by atoms with Crippen LogP contribution in [0.2, 0.25) is 0 Å². The molecule has 0 saturated carbocycles. The summed E-state index contributed by atoms with van der Waals surface area (Å²) in [6.45, 7) is 2.33. The van der Waals surface area contributed by atoms with Gasteiger partial charge in [0.2, 0.25) is 5.91 Å². The molecule has 1 aliphatic rings. The highest BCUT2D eigenvalue weighted by Gasteiger charge is 2.25. The van der Waals surface area contributed by atoms with Gasteiger partial charge in [0.25, 0.3) is 5.69 Å². The number of carbonyl (C=O) groups excluding carboxylic acids is 1. The van der Waals surface area contributed by atoms with Crippen LogP contribution in [-0.4, -0.2) is 28.1 Å². The number of benzene rings is 1. The molecule has 1 aromatic heterocycles. The molecule has 1 aromatic carbocycles. The first kappa shape index (κ1) is 14.8. The molecule has 0 saturated heterocycles. The maximum Gasteiger partial charge on any atom is 0.271 e. The third-order valence-electron chi connectivity index (χ3n) is 3.65. The van der Waals surface area contributed by atoms with Crippen LogP contribution in [0.4, 0.5) is 17.1 Å². The van der Waals surface area contributed by atoms with E-state index < -0.39 is 4.92 Å². The number of rotatable bonds is 3. The number of aliphatic imine (C=N–C) groups is 1. The highest BCUT2D eigenvalue weighted by atomic mass is 16.6. The van der Waals surface area contributed by atoms with Gasteiger partial charge in [0.15, 0.2) is 0 Å². The minimum Gasteiger partial charge on any atom is -0.310 e. The maximum absolute atomic E-state index is 12.5. The summed E-state index contributed by atoms with van der Waals surface area (Å²) >= 11 is 0. The normalized spacial score (nSPS) is 14.0. The summed E-state index contributed by atoms with van der Waals surface area (Å²) in [5.41, 5.74) is 2.24. The molecule has 2 aromatic rings. The number of pyridine rings is 1. The lowest BCUT2D eigenvalue weighted by Crippen LogP contribution is -2.31. The van der Waals surface area contributed by atoms with E-state index in [4.69, 9.17) is 0 Å². The van der Waals surface area contributed by atoms with Crippen molar-refractivity contribution >= 4 is 28.7 Å². The predicted molar refractivity (Wildman–Crippen MR) is 86.2 cm³/mol. The Morgan fingerprint density at radius 1 is 1.35 bits per heavy atom. The second kappa shape index (κ2) is 5.96. The number of hydrogen-bond donors (Lipinski definition) is 0. The van der Waals surface area contributed by atoms with Crippen LogP contribution < -0.4 is 4.90 Å². The molecule has 0 bridgehead atoms. The van der Waals surface area contributed by atoms with Crippen molar-refractivity contribution in [1.82, 2.24) is 4.98 Å². The van der Waals surface area contributed by atoms with Crippen molar-refractivity contribution in [3.05, 3.63) is 58.4 Å². The van der Waals surface area contributed by atoms with E-state index in [1.165, 1.54) is 12.1 Å². The Morgan fingerprint density at radius 3 is 2.83 bits per heavy atom. The third-order valence-corrected chi connectivity index (χ3v) is 3.65. The zero-order valence-electron chi connectivity index (χ0n) is 12.5. The van der Waals surface area contributed by atoms with Gasteiger partial charge in [0, 0.05) is 36.6 Å². The number of hydrogen-bond acceptors (Lipinski definition) is 5. The van der Waals surface area contributed by atoms with Crippen LogP contribution in [0.3, 0.4) is 0 Å². The van der Waals surface area contributed by atoms with Crippen molar-refractivity contribution in [3.8, 4) is 0 Å². The first-order valence-corrected chi connectivity index (χ1v) is 7.17. The lowest BCUT2D eigenvalue weighted by molar-refractivity contribution is -0.384. The molecule has 0 spiro atoms. The molecule has 7 heteroatoms. The number of nitro benzene ring substituents is 1. The average molecular weight is 310 g/mol. The number of fused-ring (bicyclic) bond motifs is 1. The zero-order chi connectivity index (χ0) is 16.4. The maximum atomic E-state index is 12.5. The minimum absolute atomic E-state index is 0.0524. The van der Waals surface area contributed by atoms with Crippen LogP contribution >= 0.6 is 0 Å². The van der Waals surface area contributed by atoms with Crippen molar-refractivity contribution in [1.29, 1.82) is 0 Å². The fourth-order valence-corrected chi connectivity index (χ4v) is 2.55. The SMILES string of the molecule is CCN1C(=O)CC(c2cccnc2)=Nc2cc([N+](=O)[O-])ccc21. The number of anilines is 1. The van der Waals surface area contributed by atoms with Crippen molar-refractivity contribution in [2.24, 2.45) is 4.99 Å². The molecule has 23 heavy (non-hydrogen) atoms. The van der Waals surface area contributed by atoms with E-state index in [0.29, 0.717) is 23.6 Å². The number of non-ortho nitro benzene ring substituents is 1. The Labute approximate surface area is 132 Å². The van der Waals surface area contributed by atoms with E-state index in [0.717, 1.165) is 5.56 Å². The van der Waals surface area contributed by atoms with Gasteiger partial charge in [-0.2, -0.15) is 0 Å². The summed E-state index contributed by atoms with van der Waals surface area (Å²) in [5, 5.41) is 11.0. The Bertz CT molecular complexity index is 802. The molecule has 2 heterocycles. The molecule has 1 amide bonds. The Kier molecular flexibility index (Phi) is 3.84. The molecule has 3 rings (SSSR count). The van der Waals surface area contributed by atoms with E-state index in [1.54, 1.807) is 29.4 Å².